The monoisotopic (exact) mass is 210 g/mol. The average molecular weight is 210 g/mol. The molecule has 1 aliphatic carbocycles. The molecule has 0 radical (unpaired) electrons. The summed E-state index contributed by atoms with van der Waals surface area (Å²) in [7, 11) is 1.49. The minimum Gasteiger partial charge on any atom is -0.469 e. The predicted molar refractivity (Wildman–Crippen MR) is 61.6 cm³/mol. The molecule has 1 rings (SSSR count). The Bertz CT molecular complexity index is 231. The van der Waals surface area contributed by atoms with E-state index in [0.29, 0.717) is 0 Å². The predicted octanol–water partition coefficient (Wildman–Crippen LogP) is 3.47. The Balaban J connectivity index is 2.49. The summed E-state index contributed by atoms with van der Waals surface area (Å²) in [6, 6.07) is 0. The maximum Gasteiger partial charge on any atom is 0.312 e. The van der Waals surface area contributed by atoms with Crippen molar-refractivity contribution in [3.8, 4) is 0 Å². The molecule has 0 N–H and O–H groups in total. The van der Waals surface area contributed by atoms with E-state index in [9.17, 15) is 4.79 Å². The number of esters is 1. The molecule has 0 aromatic heterocycles. The van der Waals surface area contributed by atoms with Crippen LogP contribution in [0.3, 0.4) is 0 Å². The maximum absolute atomic E-state index is 11.6. The Hall–Kier alpha value is -0.790. The van der Waals surface area contributed by atoms with Crippen LogP contribution < -0.4 is 0 Å². The Morgan fingerprint density at radius 1 is 1.53 bits per heavy atom. The van der Waals surface area contributed by atoms with Gasteiger partial charge in [-0.25, -0.2) is 0 Å². The van der Waals surface area contributed by atoms with Crippen molar-refractivity contribution < 1.29 is 9.53 Å². The Morgan fingerprint density at radius 2 is 2.33 bits per heavy atom. The summed E-state index contributed by atoms with van der Waals surface area (Å²) < 4.78 is 4.88. The van der Waals surface area contributed by atoms with Gasteiger partial charge in [0.2, 0.25) is 0 Å². The highest BCUT2D eigenvalue weighted by atomic mass is 16.5. The lowest BCUT2D eigenvalue weighted by Crippen LogP contribution is -2.18. The van der Waals surface area contributed by atoms with Gasteiger partial charge in [0.05, 0.1) is 13.0 Å². The van der Waals surface area contributed by atoms with Crippen LogP contribution in [0.1, 0.15) is 51.9 Å². The fraction of sp³-hybridized carbons (Fsp3) is 0.769. The molecule has 0 aliphatic heterocycles. The van der Waals surface area contributed by atoms with E-state index in [2.05, 4.69) is 13.0 Å². The molecule has 0 spiro atoms. The smallest absolute Gasteiger partial charge is 0.312 e. The second kappa shape index (κ2) is 6.65. The summed E-state index contributed by atoms with van der Waals surface area (Å²) in [6.07, 6.45) is 10.2. The molecule has 1 unspecified atom stereocenters. The van der Waals surface area contributed by atoms with Crippen LogP contribution in [0.25, 0.3) is 0 Å². The normalized spacial score (nSPS) is 17.3. The topological polar surface area (TPSA) is 26.3 Å². The zero-order valence-corrected chi connectivity index (χ0v) is 9.92. The summed E-state index contributed by atoms with van der Waals surface area (Å²) >= 11 is 0. The molecule has 0 bridgehead atoms. The van der Waals surface area contributed by atoms with Crippen LogP contribution >= 0.6 is 0 Å². The molecule has 86 valence electrons. The van der Waals surface area contributed by atoms with Gasteiger partial charge in [-0.05, 0) is 25.7 Å². The van der Waals surface area contributed by atoms with E-state index in [1.807, 2.05) is 0 Å². The number of carbonyl (C=O) groups is 1. The van der Waals surface area contributed by atoms with E-state index in [0.717, 1.165) is 25.7 Å². The summed E-state index contributed by atoms with van der Waals surface area (Å²) in [6.45, 7) is 2.18. The lowest BCUT2D eigenvalue weighted by Gasteiger charge is -2.15. The SMILES string of the molecule is CCCCCC(C(=O)OC)C1=CCCC1. The summed E-state index contributed by atoms with van der Waals surface area (Å²) in [5.41, 5.74) is 1.32. The Kier molecular flexibility index (Phi) is 5.44. The molecular weight excluding hydrogens is 188 g/mol. The molecule has 0 fully saturated rings. The molecular formula is C13H22O2. The highest BCUT2D eigenvalue weighted by molar-refractivity contribution is 5.75. The van der Waals surface area contributed by atoms with Crippen molar-refractivity contribution in [1.82, 2.24) is 0 Å². The fourth-order valence-corrected chi connectivity index (χ4v) is 2.21. The minimum atomic E-state index is -0.0424. The highest BCUT2D eigenvalue weighted by Crippen LogP contribution is 2.29. The summed E-state index contributed by atoms with van der Waals surface area (Å²) in [4.78, 5) is 11.6. The number of unbranched alkanes of at least 4 members (excludes halogenated alkanes) is 2. The van der Waals surface area contributed by atoms with Crippen molar-refractivity contribution in [3.05, 3.63) is 11.6 Å². The van der Waals surface area contributed by atoms with Gasteiger partial charge < -0.3 is 4.74 Å². The fourth-order valence-electron chi connectivity index (χ4n) is 2.21. The molecule has 1 aliphatic rings. The third-order valence-electron chi connectivity index (χ3n) is 3.11. The lowest BCUT2D eigenvalue weighted by molar-refractivity contribution is -0.144. The molecule has 1 atom stereocenters. The molecule has 0 heterocycles. The molecule has 0 amide bonds. The van der Waals surface area contributed by atoms with Crippen LogP contribution in [0.4, 0.5) is 0 Å². The number of hydrogen-bond acceptors (Lipinski definition) is 2. The van der Waals surface area contributed by atoms with Gasteiger partial charge in [0.25, 0.3) is 0 Å². The average Bonchev–Trinajstić information content (AvgIpc) is 2.77. The summed E-state index contributed by atoms with van der Waals surface area (Å²) in [5, 5.41) is 0. The van der Waals surface area contributed by atoms with Gasteiger partial charge >= 0.3 is 5.97 Å². The molecule has 0 saturated heterocycles. The largest absolute Gasteiger partial charge is 0.469 e. The molecule has 0 aromatic rings. The third kappa shape index (κ3) is 3.69. The quantitative estimate of drug-likeness (QED) is 0.381. The van der Waals surface area contributed by atoms with Gasteiger partial charge in [0.1, 0.15) is 0 Å². The van der Waals surface area contributed by atoms with E-state index < -0.39 is 0 Å². The first kappa shape index (κ1) is 12.3. The molecule has 2 heteroatoms. The van der Waals surface area contributed by atoms with E-state index in [4.69, 9.17) is 4.74 Å². The van der Waals surface area contributed by atoms with E-state index in [1.165, 1.54) is 31.9 Å². The number of allylic oxidation sites excluding steroid dienone is 1. The van der Waals surface area contributed by atoms with Gasteiger partial charge in [0, 0.05) is 0 Å². The van der Waals surface area contributed by atoms with Gasteiger partial charge in [0.15, 0.2) is 0 Å². The molecule has 0 saturated carbocycles. The highest BCUT2D eigenvalue weighted by Gasteiger charge is 2.24. The van der Waals surface area contributed by atoms with E-state index in [-0.39, 0.29) is 11.9 Å². The lowest BCUT2D eigenvalue weighted by atomic mass is 9.92. The summed E-state index contributed by atoms with van der Waals surface area (Å²) in [5.74, 6) is 0.00306. The van der Waals surface area contributed by atoms with Gasteiger partial charge in [-0.1, -0.05) is 37.8 Å². The third-order valence-corrected chi connectivity index (χ3v) is 3.11. The van der Waals surface area contributed by atoms with Crippen LogP contribution in [-0.2, 0) is 9.53 Å². The standard InChI is InChI=1S/C13H22O2/c1-3-4-5-10-12(13(14)15-2)11-8-6-7-9-11/h8,12H,3-7,9-10H2,1-2H3. The first-order valence-corrected chi connectivity index (χ1v) is 6.06. The molecule has 2 nitrogen and oxygen atoms in total. The zero-order chi connectivity index (χ0) is 11.1. The van der Waals surface area contributed by atoms with Crippen LogP contribution in [-0.4, -0.2) is 13.1 Å². The van der Waals surface area contributed by atoms with Crippen molar-refractivity contribution in [3.63, 3.8) is 0 Å². The van der Waals surface area contributed by atoms with Crippen molar-refractivity contribution in [2.24, 2.45) is 5.92 Å². The van der Waals surface area contributed by atoms with E-state index >= 15 is 0 Å². The number of hydrogen-bond donors (Lipinski definition) is 0. The first-order chi connectivity index (χ1) is 7.29. The number of carbonyl (C=O) groups excluding carboxylic acids is 1. The molecule has 0 aromatic carbocycles. The van der Waals surface area contributed by atoms with Gasteiger partial charge in [-0.15, -0.1) is 0 Å². The van der Waals surface area contributed by atoms with Crippen molar-refractivity contribution in [2.45, 2.75) is 51.9 Å². The maximum atomic E-state index is 11.6. The van der Waals surface area contributed by atoms with Crippen LogP contribution in [0.2, 0.25) is 0 Å². The Morgan fingerprint density at radius 3 is 2.87 bits per heavy atom. The van der Waals surface area contributed by atoms with Gasteiger partial charge in [-0.3, -0.25) is 4.79 Å². The van der Waals surface area contributed by atoms with Crippen molar-refractivity contribution in [2.75, 3.05) is 7.11 Å². The van der Waals surface area contributed by atoms with Crippen LogP contribution in [0.15, 0.2) is 11.6 Å². The second-order valence-corrected chi connectivity index (χ2v) is 4.24. The zero-order valence-electron chi connectivity index (χ0n) is 9.92. The van der Waals surface area contributed by atoms with Crippen LogP contribution in [0, 0.1) is 5.92 Å². The van der Waals surface area contributed by atoms with Crippen LogP contribution in [0.5, 0.6) is 0 Å². The first-order valence-electron chi connectivity index (χ1n) is 6.06. The number of methoxy groups -OCH3 is 1. The van der Waals surface area contributed by atoms with Crippen molar-refractivity contribution >= 4 is 5.97 Å². The van der Waals surface area contributed by atoms with Crippen molar-refractivity contribution in [1.29, 1.82) is 0 Å². The van der Waals surface area contributed by atoms with Gasteiger partial charge in [-0.2, -0.15) is 0 Å². The number of rotatable bonds is 6. The number of ether oxygens (including phenoxy) is 1. The molecule has 15 heavy (non-hydrogen) atoms. The second-order valence-electron chi connectivity index (χ2n) is 4.24. The van der Waals surface area contributed by atoms with E-state index in [1.54, 1.807) is 0 Å². The minimum absolute atomic E-state index is 0.0424. The Labute approximate surface area is 92.7 Å².